The van der Waals surface area contributed by atoms with Gasteiger partial charge in [-0.25, -0.2) is 4.68 Å². The minimum Gasteiger partial charge on any atom is -0.481 e. The zero-order valence-corrected chi connectivity index (χ0v) is 12.6. The number of rotatable bonds is 8. The van der Waals surface area contributed by atoms with Crippen LogP contribution in [-0.4, -0.2) is 50.0 Å². The van der Waals surface area contributed by atoms with Crippen LogP contribution in [0.15, 0.2) is 36.5 Å². The minimum atomic E-state index is -0.861. The van der Waals surface area contributed by atoms with Gasteiger partial charge in [-0.2, -0.15) is 0 Å². The van der Waals surface area contributed by atoms with Crippen molar-refractivity contribution in [3.63, 3.8) is 0 Å². The van der Waals surface area contributed by atoms with Crippen LogP contribution >= 0.6 is 11.8 Å². The highest BCUT2D eigenvalue weighted by Gasteiger charge is 2.10. The van der Waals surface area contributed by atoms with E-state index >= 15 is 0 Å². The van der Waals surface area contributed by atoms with Crippen LogP contribution in [0.25, 0.3) is 0 Å². The predicted molar refractivity (Wildman–Crippen MR) is 82.9 cm³/mol. The number of carbonyl (C=O) groups is 2. The maximum atomic E-state index is 11.9. The van der Waals surface area contributed by atoms with Gasteiger partial charge in [0.05, 0.1) is 18.5 Å². The molecule has 0 radical (unpaired) electrons. The molecule has 0 spiro atoms. The van der Waals surface area contributed by atoms with Crippen molar-refractivity contribution in [1.82, 2.24) is 20.3 Å². The molecule has 0 saturated carbocycles. The van der Waals surface area contributed by atoms with Crippen LogP contribution in [0.1, 0.15) is 16.1 Å². The lowest BCUT2D eigenvalue weighted by atomic mass is 10.2. The highest BCUT2D eigenvalue weighted by atomic mass is 32.2. The topological polar surface area (TPSA) is 97.1 Å². The molecule has 0 aliphatic rings. The lowest BCUT2D eigenvalue weighted by molar-refractivity contribution is -0.133. The van der Waals surface area contributed by atoms with Crippen molar-refractivity contribution in [3.8, 4) is 0 Å². The molecule has 8 heteroatoms. The number of amides is 1. The van der Waals surface area contributed by atoms with Crippen molar-refractivity contribution < 1.29 is 14.7 Å². The number of nitrogens with zero attached hydrogens (tertiary/aromatic N) is 3. The third-order valence-corrected chi connectivity index (χ3v) is 3.66. The van der Waals surface area contributed by atoms with Crippen molar-refractivity contribution in [2.45, 2.75) is 6.54 Å². The summed E-state index contributed by atoms with van der Waals surface area (Å²) in [5.74, 6) is -0.602. The summed E-state index contributed by atoms with van der Waals surface area (Å²) < 4.78 is 1.60. The second kappa shape index (κ2) is 8.18. The smallest absolute Gasteiger partial charge is 0.313 e. The number of nitrogens with one attached hydrogen (secondary N) is 1. The molecule has 1 heterocycles. The fraction of sp³-hybridized carbons (Fsp3) is 0.286. The Hall–Kier alpha value is -2.35. The number of carbonyl (C=O) groups excluding carboxylic acids is 1. The van der Waals surface area contributed by atoms with Gasteiger partial charge in [0.1, 0.15) is 0 Å². The Bertz CT molecular complexity index is 630. The van der Waals surface area contributed by atoms with Crippen LogP contribution in [0.3, 0.4) is 0 Å². The van der Waals surface area contributed by atoms with E-state index in [1.165, 1.54) is 11.8 Å². The molecule has 116 valence electrons. The number of carboxylic acid groups (broad SMARTS) is 1. The van der Waals surface area contributed by atoms with Gasteiger partial charge >= 0.3 is 5.97 Å². The zero-order valence-electron chi connectivity index (χ0n) is 11.8. The molecule has 2 aromatic rings. The summed E-state index contributed by atoms with van der Waals surface area (Å²) in [6.45, 7) is 0.942. The Morgan fingerprint density at radius 1 is 1.27 bits per heavy atom. The van der Waals surface area contributed by atoms with Gasteiger partial charge in [-0.05, 0) is 5.56 Å². The van der Waals surface area contributed by atoms with E-state index < -0.39 is 5.97 Å². The van der Waals surface area contributed by atoms with Gasteiger partial charge < -0.3 is 10.4 Å². The molecule has 0 unspecified atom stereocenters. The molecule has 0 bridgehead atoms. The molecule has 0 atom stereocenters. The number of hydrogen-bond acceptors (Lipinski definition) is 5. The van der Waals surface area contributed by atoms with Crippen LogP contribution < -0.4 is 5.32 Å². The number of thioether (sulfide) groups is 1. The highest BCUT2D eigenvalue weighted by molar-refractivity contribution is 7.99. The van der Waals surface area contributed by atoms with E-state index in [4.69, 9.17) is 5.11 Å². The summed E-state index contributed by atoms with van der Waals surface area (Å²) >= 11 is 1.25. The molecule has 1 aromatic heterocycles. The van der Waals surface area contributed by atoms with Crippen molar-refractivity contribution in [2.24, 2.45) is 0 Å². The highest BCUT2D eigenvalue weighted by Crippen LogP contribution is 2.02. The van der Waals surface area contributed by atoms with E-state index in [0.29, 0.717) is 18.8 Å². The standard InChI is InChI=1S/C14H16N4O3S/c19-13(20)10-22-7-6-15-14(21)12-9-18(17-16-12)8-11-4-2-1-3-5-11/h1-5,9H,6-8,10H2,(H,15,21)(H,19,20). The molecular formula is C14H16N4O3S. The molecule has 0 aliphatic heterocycles. The monoisotopic (exact) mass is 320 g/mol. The molecule has 1 amide bonds. The summed E-state index contributed by atoms with van der Waals surface area (Å²) in [4.78, 5) is 22.2. The largest absolute Gasteiger partial charge is 0.481 e. The van der Waals surface area contributed by atoms with E-state index in [1.54, 1.807) is 10.9 Å². The van der Waals surface area contributed by atoms with Crippen LogP contribution in [0.2, 0.25) is 0 Å². The van der Waals surface area contributed by atoms with Crippen molar-refractivity contribution in [2.75, 3.05) is 18.1 Å². The first-order valence-corrected chi connectivity index (χ1v) is 7.82. The Morgan fingerprint density at radius 2 is 2.05 bits per heavy atom. The molecule has 0 aliphatic carbocycles. The molecular weight excluding hydrogens is 304 g/mol. The zero-order chi connectivity index (χ0) is 15.8. The lowest BCUT2D eigenvalue weighted by Crippen LogP contribution is -2.26. The first kappa shape index (κ1) is 16.0. The number of hydrogen-bond donors (Lipinski definition) is 2. The number of benzene rings is 1. The summed E-state index contributed by atoms with van der Waals surface area (Å²) in [6, 6.07) is 9.76. The fourth-order valence-corrected chi connectivity index (χ4v) is 2.30. The fourth-order valence-electron chi connectivity index (χ4n) is 1.74. The first-order valence-electron chi connectivity index (χ1n) is 6.67. The SMILES string of the molecule is O=C(O)CSCCNC(=O)c1cn(Cc2ccccc2)nn1. The van der Waals surface area contributed by atoms with E-state index in [2.05, 4.69) is 15.6 Å². The predicted octanol–water partition coefficient (Wildman–Crippen LogP) is 0.874. The summed E-state index contributed by atoms with van der Waals surface area (Å²) in [5.41, 5.74) is 1.32. The molecule has 2 N–H and O–H groups in total. The van der Waals surface area contributed by atoms with Gasteiger partial charge in [-0.15, -0.1) is 16.9 Å². The first-order chi connectivity index (χ1) is 10.6. The van der Waals surface area contributed by atoms with E-state index in [0.717, 1.165) is 5.56 Å². The van der Waals surface area contributed by atoms with Crippen LogP contribution in [0.5, 0.6) is 0 Å². The average molecular weight is 320 g/mol. The second-order valence-electron chi connectivity index (χ2n) is 4.49. The van der Waals surface area contributed by atoms with Crippen LogP contribution in [0, 0.1) is 0 Å². The third-order valence-electron chi connectivity index (χ3n) is 2.72. The third kappa shape index (κ3) is 5.21. The van der Waals surface area contributed by atoms with Gasteiger partial charge in [-0.3, -0.25) is 9.59 Å². The molecule has 2 rings (SSSR count). The molecule has 7 nitrogen and oxygen atoms in total. The van der Waals surface area contributed by atoms with Gasteiger partial charge in [0.2, 0.25) is 0 Å². The number of aliphatic carboxylic acids is 1. The number of carboxylic acids is 1. The van der Waals surface area contributed by atoms with E-state index in [1.807, 2.05) is 30.3 Å². The number of aromatic nitrogens is 3. The quantitative estimate of drug-likeness (QED) is 0.701. The Labute approximate surface area is 131 Å². The van der Waals surface area contributed by atoms with Crippen LogP contribution in [0.4, 0.5) is 0 Å². The molecule has 1 aromatic carbocycles. The Balaban J connectivity index is 1.78. The Kier molecular flexibility index (Phi) is 5.96. The van der Waals surface area contributed by atoms with Crippen LogP contribution in [-0.2, 0) is 11.3 Å². The average Bonchev–Trinajstić information content (AvgIpc) is 2.96. The molecule has 0 fully saturated rings. The minimum absolute atomic E-state index is 0.0309. The van der Waals surface area contributed by atoms with Crippen molar-refractivity contribution in [1.29, 1.82) is 0 Å². The molecule has 22 heavy (non-hydrogen) atoms. The maximum Gasteiger partial charge on any atom is 0.313 e. The maximum absolute atomic E-state index is 11.9. The van der Waals surface area contributed by atoms with Crippen molar-refractivity contribution >= 4 is 23.6 Å². The second-order valence-corrected chi connectivity index (χ2v) is 5.59. The van der Waals surface area contributed by atoms with Gasteiger partial charge in [0.15, 0.2) is 5.69 Å². The van der Waals surface area contributed by atoms with Crippen molar-refractivity contribution in [3.05, 3.63) is 47.8 Å². The summed E-state index contributed by atoms with van der Waals surface area (Å²) in [6.07, 6.45) is 1.59. The van der Waals surface area contributed by atoms with E-state index in [-0.39, 0.29) is 17.4 Å². The summed E-state index contributed by atoms with van der Waals surface area (Å²) in [7, 11) is 0. The van der Waals surface area contributed by atoms with Gasteiger partial charge in [-0.1, -0.05) is 35.5 Å². The summed E-state index contributed by atoms with van der Waals surface area (Å²) in [5, 5.41) is 18.9. The molecule has 0 saturated heterocycles. The Morgan fingerprint density at radius 3 is 2.77 bits per heavy atom. The van der Waals surface area contributed by atoms with E-state index in [9.17, 15) is 9.59 Å². The van der Waals surface area contributed by atoms with Gasteiger partial charge in [0, 0.05) is 12.3 Å². The van der Waals surface area contributed by atoms with Gasteiger partial charge in [0.25, 0.3) is 5.91 Å². The normalized spacial score (nSPS) is 10.4. The lowest BCUT2D eigenvalue weighted by Gasteiger charge is -2.01.